The summed E-state index contributed by atoms with van der Waals surface area (Å²) in [5.41, 5.74) is 2.73. The zero-order valence-electron chi connectivity index (χ0n) is 23.3. The first-order valence-corrected chi connectivity index (χ1v) is 13.5. The monoisotopic (exact) mass is 576 g/mol. The standard InChI is InChI=1S/C29H30F2N8O3/c1-17-24(20-14-32-18(2)33-15-20)37-39(21-7-5-4-6-8-21)27(17)36-28(40)35-23-12-29(23)16-38(9-10-41-3)42-25(29)19-11-22(30)26(31)34-13-19/h4-8,11,13-15,23,25H,9-10,12,16H2,1-3H3,(H2,35,36,40)/t23-,25?,29+/m0/s1. The lowest BCUT2D eigenvalue weighted by Gasteiger charge is -2.18. The minimum Gasteiger partial charge on any atom is -0.383 e. The van der Waals surface area contributed by atoms with Crippen LogP contribution in [0.25, 0.3) is 16.9 Å². The molecule has 1 aliphatic heterocycles. The van der Waals surface area contributed by atoms with E-state index in [-0.39, 0.29) is 6.04 Å². The molecule has 1 saturated heterocycles. The molecule has 4 heterocycles. The summed E-state index contributed by atoms with van der Waals surface area (Å²) >= 11 is 0. The van der Waals surface area contributed by atoms with E-state index in [1.165, 1.54) is 6.20 Å². The minimum atomic E-state index is -1.17. The molecule has 6 rings (SSSR count). The number of aryl methyl sites for hydroxylation is 1. The second-order valence-corrected chi connectivity index (χ2v) is 10.6. The molecule has 0 bridgehead atoms. The number of nitrogens with zero attached hydrogens (tertiary/aromatic N) is 6. The third-order valence-electron chi connectivity index (χ3n) is 7.75. The molecule has 1 aromatic carbocycles. The highest BCUT2D eigenvalue weighted by atomic mass is 19.2. The van der Waals surface area contributed by atoms with Crippen LogP contribution in [0.4, 0.5) is 19.4 Å². The highest BCUT2D eigenvalue weighted by Crippen LogP contribution is 2.60. The molecular formula is C29H30F2N8O3. The third-order valence-corrected chi connectivity index (χ3v) is 7.75. The number of urea groups is 1. The lowest BCUT2D eigenvalue weighted by Crippen LogP contribution is -2.36. The van der Waals surface area contributed by atoms with Gasteiger partial charge in [-0.25, -0.2) is 28.8 Å². The molecule has 1 aliphatic carbocycles. The van der Waals surface area contributed by atoms with Gasteiger partial charge in [0.25, 0.3) is 0 Å². The maximum absolute atomic E-state index is 14.1. The molecule has 4 aromatic rings. The van der Waals surface area contributed by atoms with E-state index >= 15 is 0 Å². The fourth-order valence-corrected chi connectivity index (χ4v) is 5.47. The van der Waals surface area contributed by atoms with Gasteiger partial charge in [-0.3, -0.25) is 10.2 Å². The Hall–Kier alpha value is -4.33. The van der Waals surface area contributed by atoms with E-state index < -0.39 is 29.3 Å². The topological polar surface area (TPSA) is 119 Å². The lowest BCUT2D eigenvalue weighted by molar-refractivity contribution is -0.156. The number of anilines is 1. The Morgan fingerprint density at radius 3 is 2.62 bits per heavy atom. The van der Waals surface area contributed by atoms with Gasteiger partial charge in [0.05, 0.1) is 12.3 Å². The predicted octanol–water partition coefficient (Wildman–Crippen LogP) is 4.13. The van der Waals surface area contributed by atoms with E-state index in [4.69, 9.17) is 14.7 Å². The summed E-state index contributed by atoms with van der Waals surface area (Å²) in [5, 5.41) is 12.6. The van der Waals surface area contributed by atoms with E-state index in [0.29, 0.717) is 49.0 Å². The van der Waals surface area contributed by atoms with Crippen molar-refractivity contribution in [3.05, 3.63) is 83.7 Å². The highest BCUT2D eigenvalue weighted by molar-refractivity contribution is 5.91. The predicted molar refractivity (Wildman–Crippen MR) is 148 cm³/mol. The number of carbonyl (C=O) groups excluding carboxylic acids is 1. The van der Waals surface area contributed by atoms with Crippen LogP contribution in [-0.2, 0) is 9.57 Å². The number of nitrogens with one attached hydrogen (secondary N) is 2. The van der Waals surface area contributed by atoms with Gasteiger partial charge in [0.15, 0.2) is 5.82 Å². The first kappa shape index (κ1) is 27.8. The Kier molecular flexibility index (Phi) is 7.39. The summed E-state index contributed by atoms with van der Waals surface area (Å²) in [6, 6.07) is 9.85. The quantitative estimate of drug-likeness (QED) is 0.301. The Morgan fingerprint density at radius 2 is 1.90 bits per heavy atom. The van der Waals surface area contributed by atoms with E-state index in [0.717, 1.165) is 22.9 Å². The fraction of sp³-hybridized carbons (Fsp3) is 0.345. The van der Waals surface area contributed by atoms with Gasteiger partial charge in [-0.05, 0) is 38.5 Å². The van der Waals surface area contributed by atoms with Crippen LogP contribution in [0.15, 0.2) is 55.0 Å². The van der Waals surface area contributed by atoms with Gasteiger partial charge < -0.3 is 10.1 Å². The molecule has 3 atom stereocenters. The minimum absolute atomic E-state index is 0.290. The number of aromatic nitrogens is 5. The summed E-state index contributed by atoms with van der Waals surface area (Å²) in [7, 11) is 1.59. The molecule has 42 heavy (non-hydrogen) atoms. The molecule has 11 nitrogen and oxygen atoms in total. The molecule has 2 aliphatic rings. The molecule has 0 radical (unpaired) electrons. The molecule has 2 N–H and O–H groups in total. The summed E-state index contributed by atoms with van der Waals surface area (Å²) < 4.78 is 34.5. The molecule has 3 aromatic heterocycles. The maximum atomic E-state index is 14.1. The number of methoxy groups -OCH3 is 1. The zero-order chi connectivity index (χ0) is 29.4. The first-order chi connectivity index (χ1) is 20.3. The summed E-state index contributed by atoms with van der Waals surface area (Å²) in [4.78, 5) is 31.7. The molecule has 13 heteroatoms. The van der Waals surface area contributed by atoms with Crippen molar-refractivity contribution in [1.82, 2.24) is 35.1 Å². The molecule has 1 unspecified atom stereocenters. The Morgan fingerprint density at radius 1 is 1.14 bits per heavy atom. The number of para-hydroxylation sites is 1. The molecule has 2 amide bonds. The smallest absolute Gasteiger partial charge is 0.320 e. The summed E-state index contributed by atoms with van der Waals surface area (Å²) in [5.74, 6) is -1.09. The molecular weight excluding hydrogens is 546 g/mol. The van der Waals surface area contributed by atoms with Crippen LogP contribution >= 0.6 is 0 Å². The van der Waals surface area contributed by atoms with Crippen molar-refractivity contribution < 1.29 is 23.1 Å². The van der Waals surface area contributed by atoms with Gasteiger partial charge in [0.2, 0.25) is 5.95 Å². The van der Waals surface area contributed by atoms with Gasteiger partial charge in [0, 0.05) is 66.9 Å². The second-order valence-electron chi connectivity index (χ2n) is 10.6. The highest BCUT2D eigenvalue weighted by Gasteiger charge is 2.65. The van der Waals surface area contributed by atoms with Gasteiger partial charge in [0.1, 0.15) is 23.4 Å². The van der Waals surface area contributed by atoms with Gasteiger partial charge >= 0.3 is 6.03 Å². The van der Waals surface area contributed by atoms with Crippen LogP contribution in [0, 0.1) is 31.0 Å². The number of halogens is 2. The van der Waals surface area contributed by atoms with Gasteiger partial charge in [-0.15, -0.1) is 0 Å². The number of ether oxygens (including phenoxy) is 1. The van der Waals surface area contributed by atoms with Crippen LogP contribution in [0.5, 0.6) is 0 Å². The van der Waals surface area contributed by atoms with Gasteiger partial charge in [-0.2, -0.15) is 14.6 Å². The molecule has 218 valence electrons. The normalized spacial score (nSPS) is 21.5. The van der Waals surface area contributed by atoms with Gasteiger partial charge in [-0.1, -0.05) is 18.2 Å². The van der Waals surface area contributed by atoms with Crippen molar-refractivity contribution in [2.45, 2.75) is 32.4 Å². The number of carbonyl (C=O) groups is 1. The average Bonchev–Trinajstić information content (AvgIpc) is 3.37. The van der Waals surface area contributed by atoms with Crippen molar-refractivity contribution in [3.63, 3.8) is 0 Å². The largest absolute Gasteiger partial charge is 0.383 e. The van der Waals surface area contributed by atoms with Crippen molar-refractivity contribution in [1.29, 1.82) is 0 Å². The average molecular weight is 577 g/mol. The fourth-order valence-electron chi connectivity index (χ4n) is 5.47. The number of hydrogen-bond acceptors (Lipinski definition) is 8. The Bertz CT molecular complexity index is 1600. The third kappa shape index (κ3) is 5.22. The van der Waals surface area contributed by atoms with E-state index in [9.17, 15) is 13.6 Å². The maximum Gasteiger partial charge on any atom is 0.320 e. The van der Waals surface area contributed by atoms with Crippen LogP contribution in [-0.4, -0.2) is 68.7 Å². The number of hydrogen-bond donors (Lipinski definition) is 2. The van der Waals surface area contributed by atoms with Crippen molar-refractivity contribution >= 4 is 11.8 Å². The van der Waals surface area contributed by atoms with E-state index in [1.54, 1.807) is 36.2 Å². The van der Waals surface area contributed by atoms with Crippen molar-refractivity contribution in [3.8, 4) is 16.9 Å². The number of pyridine rings is 1. The number of amides is 2. The lowest BCUT2D eigenvalue weighted by atomic mass is 9.93. The summed E-state index contributed by atoms with van der Waals surface area (Å²) in [6.45, 7) is 5.06. The SMILES string of the molecule is COCCN1C[C@@]2(C[C@@H]2NC(=O)Nc2c(C)c(-c3cnc(C)nc3)nn2-c2ccccc2)C(c2cnc(F)c(F)c2)O1. The van der Waals surface area contributed by atoms with Crippen LogP contribution in [0.1, 0.15) is 29.5 Å². The van der Waals surface area contributed by atoms with E-state index in [2.05, 4.69) is 25.6 Å². The van der Waals surface area contributed by atoms with Crippen molar-refractivity contribution in [2.75, 3.05) is 32.1 Å². The first-order valence-electron chi connectivity index (χ1n) is 13.5. The number of benzene rings is 1. The summed E-state index contributed by atoms with van der Waals surface area (Å²) in [6.07, 6.45) is 4.64. The zero-order valence-corrected chi connectivity index (χ0v) is 23.3. The van der Waals surface area contributed by atoms with Crippen LogP contribution in [0.2, 0.25) is 0 Å². The number of rotatable bonds is 8. The molecule has 2 fully saturated rings. The molecule has 1 saturated carbocycles. The molecule has 1 spiro atoms. The van der Waals surface area contributed by atoms with Crippen LogP contribution in [0.3, 0.4) is 0 Å². The second kappa shape index (κ2) is 11.2. The Balaban J connectivity index is 1.25. The Labute approximate surface area is 240 Å². The number of hydroxylamine groups is 2. The van der Waals surface area contributed by atoms with E-state index in [1.807, 2.05) is 37.3 Å². The van der Waals surface area contributed by atoms with Crippen molar-refractivity contribution in [2.24, 2.45) is 5.41 Å². The van der Waals surface area contributed by atoms with Crippen LogP contribution < -0.4 is 10.6 Å².